The highest BCUT2D eigenvalue weighted by atomic mass is 16.3. The molecule has 20 heavy (non-hydrogen) atoms. The van der Waals surface area contributed by atoms with Gasteiger partial charge < -0.3 is 4.42 Å². The second-order valence-corrected chi connectivity index (χ2v) is 5.24. The van der Waals surface area contributed by atoms with E-state index in [2.05, 4.69) is 10.1 Å². The molecule has 0 unspecified atom stereocenters. The van der Waals surface area contributed by atoms with Crippen LogP contribution in [-0.2, 0) is 7.05 Å². The van der Waals surface area contributed by atoms with E-state index in [0.717, 1.165) is 16.8 Å². The summed E-state index contributed by atoms with van der Waals surface area (Å²) in [5.74, 6) is 1.32. The standard InChI is InChI=1S/C16H15N3O/c1-19-14(12(10-17-19)11-6-7-11)8-9-16-18-13-4-2-3-5-15(13)20-16/h2-5,8-11H,6-7H2,1H3/b9-8+. The van der Waals surface area contributed by atoms with Crippen LogP contribution in [0.3, 0.4) is 0 Å². The van der Waals surface area contributed by atoms with Crippen LogP contribution in [-0.4, -0.2) is 14.8 Å². The molecule has 4 rings (SSSR count). The van der Waals surface area contributed by atoms with Gasteiger partial charge in [0.1, 0.15) is 5.52 Å². The molecule has 0 saturated heterocycles. The van der Waals surface area contributed by atoms with E-state index in [4.69, 9.17) is 4.42 Å². The zero-order valence-corrected chi connectivity index (χ0v) is 11.3. The van der Waals surface area contributed by atoms with Crippen LogP contribution < -0.4 is 0 Å². The normalized spacial score (nSPS) is 15.4. The summed E-state index contributed by atoms with van der Waals surface area (Å²) < 4.78 is 7.60. The van der Waals surface area contributed by atoms with Gasteiger partial charge in [-0.1, -0.05) is 12.1 Å². The van der Waals surface area contributed by atoms with Crippen molar-refractivity contribution in [1.82, 2.24) is 14.8 Å². The van der Waals surface area contributed by atoms with Crippen molar-refractivity contribution < 1.29 is 4.42 Å². The van der Waals surface area contributed by atoms with Crippen molar-refractivity contribution in [2.24, 2.45) is 7.05 Å². The SMILES string of the molecule is Cn1ncc(C2CC2)c1/C=C/c1nc2ccccc2o1. The van der Waals surface area contributed by atoms with E-state index in [-0.39, 0.29) is 0 Å². The molecule has 0 radical (unpaired) electrons. The molecule has 3 aromatic rings. The number of aryl methyl sites for hydroxylation is 1. The number of hydrogen-bond acceptors (Lipinski definition) is 3. The molecule has 0 amide bonds. The molecular weight excluding hydrogens is 250 g/mol. The molecule has 2 heterocycles. The van der Waals surface area contributed by atoms with Crippen molar-refractivity contribution in [2.45, 2.75) is 18.8 Å². The van der Waals surface area contributed by atoms with Crippen molar-refractivity contribution in [3.8, 4) is 0 Å². The van der Waals surface area contributed by atoms with Crippen LogP contribution in [0.5, 0.6) is 0 Å². The second-order valence-electron chi connectivity index (χ2n) is 5.24. The molecule has 1 aromatic carbocycles. The first-order valence-corrected chi connectivity index (χ1v) is 6.87. The van der Waals surface area contributed by atoms with Crippen LogP contribution in [0.4, 0.5) is 0 Å². The molecular formula is C16H15N3O. The lowest BCUT2D eigenvalue weighted by Gasteiger charge is -1.98. The average molecular weight is 265 g/mol. The zero-order chi connectivity index (χ0) is 13.5. The molecule has 0 bridgehead atoms. The summed E-state index contributed by atoms with van der Waals surface area (Å²) in [5, 5.41) is 4.35. The summed E-state index contributed by atoms with van der Waals surface area (Å²) >= 11 is 0. The lowest BCUT2D eigenvalue weighted by atomic mass is 10.1. The molecule has 1 aliphatic rings. The van der Waals surface area contributed by atoms with E-state index < -0.39 is 0 Å². The minimum absolute atomic E-state index is 0.633. The van der Waals surface area contributed by atoms with Crippen LogP contribution in [0.1, 0.15) is 35.9 Å². The van der Waals surface area contributed by atoms with Crippen molar-refractivity contribution >= 4 is 23.3 Å². The third-order valence-electron chi connectivity index (χ3n) is 3.73. The van der Waals surface area contributed by atoms with Crippen LogP contribution in [0, 0.1) is 0 Å². The van der Waals surface area contributed by atoms with Crippen molar-refractivity contribution in [3.05, 3.63) is 47.6 Å². The van der Waals surface area contributed by atoms with E-state index in [1.807, 2.05) is 54.3 Å². The van der Waals surface area contributed by atoms with Gasteiger partial charge in [0, 0.05) is 18.7 Å². The van der Waals surface area contributed by atoms with Crippen molar-refractivity contribution in [2.75, 3.05) is 0 Å². The molecule has 4 heteroatoms. The maximum Gasteiger partial charge on any atom is 0.220 e. The van der Waals surface area contributed by atoms with E-state index in [0.29, 0.717) is 11.8 Å². The lowest BCUT2D eigenvalue weighted by Crippen LogP contribution is -1.94. The maximum atomic E-state index is 5.69. The Balaban J connectivity index is 1.69. The highest BCUT2D eigenvalue weighted by molar-refractivity contribution is 5.76. The lowest BCUT2D eigenvalue weighted by molar-refractivity contribution is 0.589. The Bertz CT molecular complexity index is 760. The van der Waals surface area contributed by atoms with Crippen molar-refractivity contribution in [3.63, 3.8) is 0 Å². The predicted octanol–water partition coefficient (Wildman–Crippen LogP) is 3.61. The summed E-state index contributed by atoms with van der Waals surface area (Å²) in [4.78, 5) is 4.45. The van der Waals surface area contributed by atoms with Gasteiger partial charge in [-0.05, 0) is 37.0 Å². The second kappa shape index (κ2) is 4.34. The van der Waals surface area contributed by atoms with Crippen molar-refractivity contribution in [1.29, 1.82) is 0 Å². The maximum absolute atomic E-state index is 5.69. The Morgan fingerprint density at radius 2 is 2.10 bits per heavy atom. The Morgan fingerprint density at radius 1 is 1.25 bits per heavy atom. The van der Waals surface area contributed by atoms with Gasteiger partial charge in [0.25, 0.3) is 0 Å². The van der Waals surface area contributed by atoms with E-state index in [1.54, 1.807) is 0 Å². The molecule has 0 atom stereocenters. The number of hydrogen-bond donors (Lipinski definition) is 0. The molecule has 0 spiro atoms. The molecule has 4 nitrogen and oxygen atoms in total. The molecule has 2 aromatic heterocycles. The fourth-order valence-corrected chi connectivity index (χ4v) is 2.49. The molecule has 1 saturated carbocycles. The highest BCUT2D eigenvalue weighted by Gasteiger charge is 2.27. The fraction of sp³-hybridized carbons (Fsp3) is 0.250. The van der Waals surface area contributed by atoms with E-state index in [9.17, 15) is 0 Å². The Labute approximate surface area is 116 Å². The first kappa shape index (κ1) is 11.5. The fourth-order valence-electron chi connectivity index (χ4n) is 2.49. The highest BCUT2D eigenvalue weighted by Crippen LogP contribution is 2.41. The number of aromatic nitrogens is 3. The number of fused-ring (bicyclic) bond motifs is 1. The van der Waals surface area contributed by atoms with Crippen LogP contribution in [0.15, 0.2) is 34.9 Å². The first-order valence-electron chi connectivity index (χ1n) is 6.87. The summed E-state index contributed by atoms with van der Waals surface area (Å²) in [7, 11) is 1.97. The van der Waals surface area contributed by atoms with Crippen LogP contribution in [0.2, 0.25) is 0 Å². The van der Waals surface area contributed by atoms with Crippen LogP contribution in [0.25, 0.3) is 23.3 Å². The van der Waals surface area contributed by atoms with Gasteiger partial charge >= 0.3 is 0 Å². The monoisotopic (exact) mass is 265 g/mol. The van der Waals surface area contributed by atoms with Gasteiger partial charge in [-0.3, -0.25) is 4.68 Å². The van der Waals surface area contributed by atoms with E-state index in [1.165, 1.54) is 18.4 Å². The van der Waals surface area contributed by atoms with Gasteiger partial charge in [0.05, 0.1) is 11.9 Å². The molecule has 0 aliphatic heterocycles. The summed E-state index contributed by atoms with van der Waals surface area (Å²) in [6.07, 6.45) is 8.49. The first-order chi connectivity index (χ1) is 9.81. The number of benzene rings is 1. The number of oxazole rings is 1. The minimum Gasteiger partial charge on any atom is -0.437 e. The Morgan fingerprint density at radius 3 is 2.90 bits per heavy atom. The predicted molar refractivity (Wildman–Crippen MR) is 78.1 cm³/mol. The zero-order valence-electron chi connectivity index (χ0n) is 11.3. The summed E-state index contributed by atoms with van der Waals surface area (Å²) in [5.41, 5.74) is 4.19. The molecule has 0 N–H and O–H groups in total. The largest absolute Gasteiger partial charge is 0.437 e. The molecule has 1 aliphatic carbocycles. The summed E-state index contributed by atoms with van der Waals surface area (Å²) in [6, 6.07) is 7.80. The van der Waals surface area contributed by atoms with E-state index >= 15 is 0 Å². The minimum atomic E-state index is 0.633. The summed E-state index contributed by atoms with van der Waals surface area (Å²) in [6.45, 7) is 0. The van der Waals surface area contributed by atoms with Gasteiger partial charge in [0.15, 0.2) is 5.58 Å². The Kier molecular flexibility index (Phi) is 2.49. The number of rotatable bonds is 3. The van der Waals surface area contributed by atoms with Gasteiger partial charge in [-0.15, -0.1) is 0 Å². The van der Waals surface area contributed by atoms with Gasteiger partial charge in [-0.2, -0.15) is 5.10 Å². The van der Waals surface area contributed by atoms with Gasteiger partial charge in [0.2, 0.25) is 5.89 Å². The number of para-hydroxylation sites is 2. The number of nitrogens with zero attached hydrogens (tertiary/aromatic N) is 3. The van der Waals surface area contributed by atoms with Crippen LogP contribution >= 0.6 is 0 Å². The third kappa shape index (κ3) is 1.93. The molecule has 1 fully saturated rings. The quantitative estimate of drug-likeness (QED) is 0.726. The smallest absolute Gasteiger partial charge is 0.220 e. The topological polar surface area (TPSA) is 43.9 Å². The average Bonchev–Trinajstić information content (AvgIpc) is 3.10. The molecule has 100 valence electrons. The van der Waals surface area contributed by atoms with Gasteiger partial charge in [-0.25, -0.2) is 4.98 Å². The Hall–Kier alpha value is -2.36. The third-order valence-corrected chi connectivity index (χ3v) is 3.73.